The van der Waals surface area contributed by atoms with Crippen LogP contribution in [0.15, 0.2) is 18.2 Å². The Labute approximate surface area is 171 Å². The second-order valence-electron chi connectivity index (χ2n) is 6.95. The molecule has 0 heterocycles. The lowest BCUT2D eigenvalue weighted by Crippen LogP contribution is -2.40. The molecule has 0 amide bonds. The molecule has 158 valence electrons. The number of hydrogen-bond acceptors (Lipinski definition) is 7. The van der Waals surface area contributed by atoms with Crippen molar-refractivity contribution in [2.75, 3.05) is 52.8 Å². The number of rotatable bonds is 14. The smallest absolute Gasteiger partial charge is 0.317 e. The van der Waals surface area contributed by atoms with Crippen molar-refractivity contribution in [3.8, 4) is 5.75 Å². The minimum absolute atomic E-state index is 0.139. The number of para-hydroxylation sites is 1. The second-order valence-corrected chi connectivity index (χ2v) is 7.39. The topological polar surface area (TPSA) is 87.9 Å². The molecule has 0 spiro atoms. The van der Waals surface area contributed by atoms with Gasteiger partial charge < -0.3 is 18.7 Å². The molecular weight excluding hydrogens is 384 g/mol. The Morgan fingerprint density at radius 3 is 2.64 bits per heavy atom. The fourth-order valence-corrected chi connectivity index (χ4v) is 2.58. The van der Waals surface area contributed by atoms with Crippen LogP contribution in [0, 0.1) is 10.1 Å². The van der Waals surface area contributed by atoms with Crippen molar-refractivity contribution in [2.24, 2.45) is 0 Å². The summed E-state index contributed by atoms with van der Waals surface area (Å²) >= 11 is 3.96. The van der Waals surface area contributed by atoms with E-state index in [1.54, 1.807) is 12.1 Å². The number of ether oxygens (including phenoxy) is 3. The van der Waals surface area contributed by atoms with Gasteiger partial charge in [0, 0.05) is 12.2 Å². The van der Waals surface area contributed by atoms with Crippen LogP contribution in [0.5, 0.6) is 5.75 Å². The van der Waals surface area contributed by atoms with Crippen LogP contribution in [0.3, 0.4) is 0 Å². The number of esters is 1. The molecule has 0 radical (unpaired) electrons. The van der Waals surface area contributed by atoms with E-state index in [2.05, 4.69) is 33.6 Å². The van der Waals surface area contributed by atoms with Crippen LogP contribution in [-0.4, -0.2) is 68.1 Å². The maximum absolute atomic E-state index is 11.5. The number of nitro benzene ring substituents is 1. The summed E-state index contributed by atoms with van der Waals surface area (Å²) in [6.45, 7) is 5.23. The molecule has 8 nitrogen and oxygen atoms in total. The highest BCUT2D eigenvalue weighted by Gasteiger charge is 2.22. The number of hydrogen-bond donors (Lipinski definition) is 1. The minimum Gasteiger partial charge on any atom is -0.484 e. The molecule has 1 aromatic carbocycles. The molecule has 0 fully saturated rings. The summed E-state index contributed by atoms with van der Waals surface area (Å²) in [6.07, 6.45) is 1.09. The summed E-state index contributed by atoms with van der Waals surface area (Å²) < 4.78 is 17.1. The summed E-state index contributed by atoms with van der Waals surface area (Å²) in [5.41, 5.74) is 0.0960. The zero-order chi connectivity index (χ0) is 21.0. The molecule has 28 heavy (non-hydrogen) atoms. The molecule has 0 aliphatic rings. The summed E-state index contributed by atoms with van der Waals surface area (Å²) in [7, 11) is 4.34. The fourth-order valence-electron chi connectivity index (χ4n) is 2.40. The Balaban J connectivity index is 2.51. The van der Waals surface area contributed by atoms with Crippen molar-refractivity contribution in [2.45, 2.75) is 26.4 Å². The molecule has 0 aliphatic heterocycles. The number of nitro groups is 1. The van der Waals surface area contributed by atoms with Crippen LogP contribution in [-0.2, 0) is 20.9 Å². The maximum atomic E-state index is 11.5. The van der Waals surface area contributed by atoms with Gasteiger partial charge in [-0.2, -0.15) is 12.6 Å². The lowest BCUT2D eigenvalue weighted by molar-refractivity contribution is -0.888. The predicted octanol–water partition coefficient (Wildman–Crippen LogP) is 2.84. The lowest BCUT2D eigenvalue weighted by Gasteiger charge is -2.27. The molecule has 0 atom stereocenters. The highest BCUT2D eigenvalue weighted by Crippen LogP contribution is 2.31. The first-order valence-corrected chi connectivity index (χ1v) is 9.99. The third-order valence-electron chi connectivity index (χ3n) is 4.36. The molecule has 0 saturated carbocycles. The van der Waals surface area contributed by atoms with Crippen LogP contribution in [0.1, 0.15) is 25.3 Å². The zero-order valence-electron chi connectivity index (χ0n) is 16.9. The van der Waals surface area contributed by atoms with E-state index in [0.29, 0.717) is 19.0 Å². The Kier molecular flexibility index (Phi) is 10.9. The van der Waals surface area contributed by atoms with Crippen molar-refractivity contribution in [1.29, 1.82) is 0 Å². The number of quaternary nitrogens is 1. The van der Waals surface area contributed by atoms with Crippen LogP contribution < -0.4 is 4.74 Å². The number of carbonyl (C=O) groups is 1. The summed E-state index contributed by atoms with van der Waals surface area (Å²) in [4.78, 5) is 22.4. The Hall–Kier alpha value is -1.84. The van der Waals surface area contributed by atoms with Crippen molar-refractivity contribution >= 4 is 24.3 Å². The second kappa shape index (κ2) is 12.6. The Bertz CT molecular complexity index is 639. The first-order valence-electron chi connectivity index (χ1n) is 9.36. The van der Waals surface area contributed by atoms with E-state index in [0.717, 1.165) is 24.0 Å². The molecular formula is C19H31N2O6S+. The summed E-state index contributed by atoms with van der Waals surface area (Å²) in [6, 6.07) is 4.71. The van der Waals surface area contributed by atoms with Gasteiger partial charge in [0.25, 0.3) is 0 Å². The van der Waals surface area contributed by atoms with E-state index < -0.39 is 10.9 Å². The number of carbonyl (C=O) groups excluding carboxylic acids is 1. The van der Waals surface area contributed by atoms with Gasteiger partial charge in [0.15, 0.2) is 5.75 Å². The third-order valence-corrected chi connectivity index (χ3v) is 4.59. The first-order chi connectivity index (χ1) is 13.3. The van der Waals surface area contributed by atoms with E-state index in [-0.39, 0.29) is 36.6 Å². The van der Waals surface area contributed by atoms with Crippen LogP contribution in [0.2, 0.25) is 0 Å². The number of thiol groups is 1. The van der Waals surface area contributed by atoms with Gasteiger partial charge >= 0.3 is 11.7 Å². The van der Waals surface area contributed by atoms with Crippen LogP contribution in [0.25, 0.3) is 0 Å². The Morgan fingerprint density at radius 1 is 1.25 bits per heavy atom. The monoisotopic (exact) mass is 415 g/mol. The SMILES string of the molecule is CC[N+](C)(C)CCCOCCOc1cccc(COC(=O)CCS)c1[N+](=O)[O-]. The quantitative estimate of drug-likeness (QED) is 0.126. The molecule has 9 heteroatoms. The zero-order valence-corrected chi connectivity index (χ0v) is 17.8. The highest BCUT2D eigenvalue weighted by molar-refractivity contribution is 7.80. The van der Waals surface area contributed by atoms with Crippen LogP contribution in [0.4, 0.5) is 5.69 Å². The molecule has 1 aromatic rings. The van der Waals surface area contributed by atoms with Gasteiger partial charge in [-0.3, -0.25) is 14.9 Å². The summed E-state index contributed by atoms with van der Waals surface area (Å²) in [5, 5.41) is 11.4. The van der Waals surface area contributed by atoms with Crippen molar-refractivity contribution < 1.29 is 28.4 Å². The molecule has 0 N–H and O–H groups in total. The average molecular weight is 416 g/mol. The van der Waals surface area contributed by atoms with Crippen molar-refractivity contribution in [3.63, 3.8) is 0 Å². The van der Waals surface area contributed by atoms with E-state index in [1.165, 1.54) is 6.07 Å². The van der Waals surface area contributed by atoms with Gasteiger partial charge in [0.2, 0.25) is 0 Å². The van der Waals surface area contributed by atoms with Crippen LogP contribution >= 0.6 is 12.6 Å². The highest BCUT2D eigenvalue weighted by atomic mass is 32.1. The molecule has 0 unspecified atom stereocenters. The molecule has 0 aliphatic carbocycles. The predicted molar refractivity (Wildman–Crippen MR) is 110 cm³/mol. The normalized spacial score (nSPS) is 11.3. The lowest BCUT2D eigenvalue weighted by atomic mass is 10.2. The van der Waals surface area contributed by atoms with E-state index in [9.17, 15) is 14.9 Å². The minimum atomic E-state index is -0.525. The standard InChI is InChI=1S/C19H30N2O6S/c1-4-21(2,3)10-6-11-25-12-13-26-17-8-5-7-16(19(17)20(23)24)15-27-18(22)9-14-28/h5,7-8H,4,6,9-15H2,1-3H3/p+1. The van der Waals surface area contributed by atoms with E-state index in [1.807, 2.05) is 0 Å². The van der Waals surface area contributed by atoms with Gasteiger partial charge in [0.05, 0.1) is 57.3 Å². The fraction of sp³-hybridized carbons (Fsp3) is 0.632. The van der Waals surface area contributed by atoms with Gasteiger partial charge in [0.1, 0.15) is 13.2 Å². The molecule has 1 rings (SSSR count). The molecule has 0 aromatic heterocycles. The van der Waals surface area contributed by atoms with Gasteiger partial charge in [-0.25, -0.2) is 0 Å². The van der Waals surface area contributed by atoms with E-state index >= 15 is 0 Å². The molecule has 0 bridgehead atoms. The number of benzene rings is 1. The molecule has 0 saturated heterocycles. The maximum Gasteiger partial charge on any atom is 0.317 e. The van der Waals surface area contributed by atoms with Crippen molar-refractivity contribution in [3.05, 3.63) is 33.9 Å². The van der Waals surface area contributed by atoms with Crippen molar-refractivity contribution in [1.82, 2.24) is 0 Å². The van der Waals surface area contributed by atoms with Gasteiger partial charge in [-0.1, -0.05) is 6.07 Å². The summed E-state index contributed by atoms with van der Waals surface area (Å²) in [5.74, 6) is 0.0491. The number of nitrogens with zero attached hydrogens (tertiary/aromatic N) is 2. The van der Waals surface area contributed by atoms with Gasteiger partial charge in [-0.05, 0) is 19.1 Å². The average Bonchev–Trinajstić information content (AvgIpc) is 2.65. The van der Waals surface area contributed by atoms with Gasteiger partial charge in [-0.15, -0.1) is 0 Å². The first kappa shape index (κ1) is 24.2. The third kappa shape index (κ3) is 8.90. The Morgan fingerprint density at radius 2 is 2.00 bits per heavy atom. The van der Waals surface area contributed by atoms with E-state index in [4.69, 9.17) is 14.2 Å². The largest absolute Gasteiger partial charge is 0.484 e.